The number of amides is 3. The van der Waals surface area contributed by atoms with Gasteiger partial charge in [-0.15, -0.1) is 24.9 Å². The zero-order chi connectivity index (χ0) is 31.1. The predicted molar refractivity (Wildman–Crippen MR) is 176 cm³/mol. The lowest BCUT2D eigenvalue weighted by atomic mass is 9.70. The molecule has 3 aliphatic rings. The first-order valence-corrected chi connectivity index (χ1v) is 16.5. The van der Waals surface area contributed by atoms with Crippen LogP contribution in [0.1, 0.15) is 23.1 Å². The number of aryl methyl sites for hydroxylation is 2. The predicted octanol–water partition coefficient (Wildman–Crippen LogP) is 4.54. The van der Waals surface area contributed by atoms with E-state index in [1.54, 1.807) is 45.7 Å². The van der Waals surface area contributed by atoms with Gasteiger partial charge in [0.1, 0.15) is 6.04 Å². The second kappa shape index (κ2) is 12.6. The molecule has 1 spiro atoms. The molecule has 1 N–H and O–H groups in total. The van der Waals surface area contributed by atoms with E-state index in [2.05, 4.69) is 29.1 Å². The molecule has 7 atom stereocenters. The van der Waals surface area contributed by atoms with Gasteiger partial charge in [-0.2, -0.15) is 0 Å². The van der Waals surface area contributed by atoms with Gasteiger partial charge < -0.3 is 19.8 Å². The van der Waals surface area contributed by atoms with E-state index in [0.29, 0.717) is 19.4 Å². The average Bonchev–Trinajstić information content (AvgIpc) is 3.58. The SMILES string of the molecule is C=CCN(C)C(=O)[C@H]1[C@H]2C(=O)N([C@@H](CO)Cc3ccccc3)C(C(=O)N(CC=C)c3c(C)cccc3C)C23CC(Br)[C@@H]1S3. The first-order chi connectivity index (χ1) is 20.6. The number of thioether (sulfide) groups is 1. The summed E-state index contributed by atoms with van der Waals surface area (Å²) in [6, 6.07) is 14.1. The zero-order valence-electron chi connectivity index (χ0n) is 25.0. The molecule has 3 amide bonds. The molecule has 2 aromatic carbocycles. The second-order valence-electron chi connectivity index (χ2n) is 11.9. The Bertz CT molecular complexity index is 1400. The van der Waals surface area contributed by atoms with Crippen molar-refractivity contribution in [2.45, 2.75) is 53.6 Å². The molecule has 2 aromatic rings. The molecule has 9 heteroatoms. The summed E-state index contributed by atoms with van der Waals surface area (Å²) in [5.41, 5.74) is 3.66. The average molecular weight is 667 g/mol. The third-order valence-electron chi connectivity index (χ3n) is 9.23. The van der Waals surface area contributed by atoms with Gasteiger partial charge in [0.15, 0.2) is 0 Å². The monoisotopic (exact) mass is 665 g/mol. The molecule has 3 aliphatic heterocycles. The smallest absolute Gasteiger partial charge is 0.251 e. The Hall–Kier alpha value is -2.88. The summed E-state index contributed by atoms with van der Waals surface area (Å²) in [5.74, 6) is -1.83. The number of likely N-dealkylation sites (N-methyl/N-ethyl adjacent to an activating group) is 1. The Morgan fingerprint density at radius 3 is 2.35 bits per heavy atom. The number of carbonyl (C=O) groups excluding carboxylic acids is 3. The number of halogens is 1. The maximum atomic E-state index is 15.1. The van der Waals surface area contributed by atoms with Gasteiger partial charge in [0.25, 0.3) is 5.91 Å². The number of likely N-dealkylation sites (tertiary alicyclic amines) is 1. The van der Waals surface area contributed by atoms with Crippen LogP contribution in [0.3, 0.4) is 0 Å². The van der Waals surface area contributed by atoms with Crippen LogP contribution >= 0.6 is 27.7 Å². The van der Waals surface area contributed by atoms with Crippen molar-refractivity contribution < 1.29 is 19.5 Å². The van der Waals surface area contributed by atoms with Gasteiger partial charge in [0, 0.05) is 35.9 Å². The zero-order valence-corrected chi connectivity index (χ0v) is 27.4. The highest BCUT2D eigenvalue weighted by Gasteiger charge is 2.76. The minimum Gasteiger partial charge on any atom is -0.394 e. The van der Waals surface area contributed by atoms with Crippen molar-refractivity contribution >= 4 is 51.1 Å². The molecular weight excluding hydrogens is 626 g/mol. The van der Waals surface area contributed by atoms with Gasteiger partial charge in [-0.1, -0.05) is 76.6 Å². The molecule has 43 heavy (non-hydrogen) atoms. The van der Waals surface area contributed by atoms with Gasteiger partial charge in [-0.3, -0.25) is 14.4 Å². The Balaban J connectivity index is 1.66. The van der Waals surface area contributed by atoms with E-state index >= 15 is 4.79 Å². The van der Waals surface area contributed by atoms with E-state index in [-0.39, 0.29) is 41.0 Å². The molecule has 3 saturated heterocycles. The minimum absolute atomic E-state index is 0.0439. The fraction of sp³-hybridized carbons (Fsp3) is 0.441. The number of aliphatic hydroxyl groups is 1. The van der Waals surface area contributed by atoms with Crippen LogP contribution in [0, 0.1) is 25.7 Å². The maximum Gasteiger partial charge on any atom is 0.251 e. The number of hydrogen-bond donors (Lipinski definition) is 1. The largest absolute Gasteiger partial charge is 0.394 e. The fourth-order valence-electron chi connectivity index (χ4n) is 7.50. The van der Waals surface area contributed by atoms with E-state index in [0.717, 1.165) is 22.4 Å². The van der Waals surface area contributed by atoms with Crippen molar-refractivity contribution in [3.63, 3.8) is 0 Å². The minimum atomic E-state index is -0.873. The lowest BCUT2D eigenvalue weighted by Crippen LogP contribution is -2.58. The van der Waals surface area contributed by atoms with Crippen LogP contribution in [0.5, 0.6) is 0 Å². The highest BCUT2D eigenvalue weighted by molar-refractivity contribution is 9.09. The van der Waals surface area contributed by atoms with Crippen molar-refractivity contribution in [3.8, 4) is 0 Å². The molecule has 0 radical (unpaired) electrons. The van der Waals surface area contributed by atoms with E-state index < -0.39 is 28.7 Å². The summed E-state index contributed by atoms with van der Waals surface area (Å²) in [7, 11) is 1.73. The summed E-state index contributed by atoms with van der Waals surface area (Å²) < 4.78 is -0.831. The maximum absolute atomic E-state index is 15.1. The van der Waals surface area contributed by atoms with E-state index in [9.17, 15) is 14.7 Å². The molecule has 3 unspecified atom stereocenters. The van der Waals surface area contributed by atoms with Crippen molar-refractivity contribution in [3.05, 3.63) is 90.5 Å². The molecule has 7 nitrogen and oxygen atoms in total. The Morgan fingerprint density at radius 2 is 1.74 bits per heavy atom. The summed E-state index contributed by atoms with van der Waals surface area (Å²) in [5, 5.41) is 10.6. The number of nitrogens with zero attached hydrogens (tertiary/aromatic N) is 3. The van der Waals surface area contributed by atoms with Crippen molar-refractivity contribution in [2.75, 3.05) is 31.6 Å². The fourth-order valence-corrected chi connectivity index (χ4v) is 11.1. The second-order valence-corrected chi connectivity index (χ2v) is 14.6. The highest BCUT2D eigenvalue weighted by atomic mass is 79.9. The van der Waals surface area contributed by atoms with E-state index in [4.69, 9.17) is 0 Å². The number of rotatable bonds is 11. The van der Waals surface area contributed by atoms with Crippen LogP contribution in [0.2, 0.25) is 0 Å². The Kier molecular flexibility index (Phi) is 9.26. The quantitative estimate of drug-likeness (QED) is 0.282. The number of aliphatic hydroxyl groups excluding tert-OH is 1. The lowest BCUT2D eigenvalue weighted by molar-refractivity contribution is -0.144. The number of hydrogen-bond acceptors (Lipinski definition) is 5. The summed E-state index contributed by atoms with van der Waals surface area (Å²) in [4.78, 5) is 48.7. The number of para-hydroxylation sites is 1. The molecule has 0 aromatic heterocycles. The van der Waals surface area contributed by atoms with Crippen LogP contribution < -0.4 is 4.90 Å². The van der Waals surface area contributed by atoms with Crippen LogP contribution in [0.4, 0.5) is 5.69 Å². The molecule has 0 aliphatic carbocycles. The standard InChI is InChI=1S/C34H40BrN3O4S/c1-6-16-36(5)31(40)26-27-32(41)38(24(20-39)18-23-14-9-8-10-15-23)30(34(27)19-25(35)29(26)43-34)33(42)37(17-7-2)28-21(3)12-11-13-22(28)4/h6-15,24-27,29-30,39H,1-2,16-20H2,3-5H3/t24-,25?,26+,27+,29+,30?,34?/m1/s1. The Labute approximate surface area is 267 Å². The number of anilines is 1. The number of carbonyl (C=O) groups is 3. The van der Waals surface area contributed by atoms with Crippen LogP contribution in [0.15, 0.2) is 73.8 Å². The van der Waals surface area contributed by atoms with E-state index in [1.807, 2.05) is 62.4 Å². The van der Waals surface area contributed by atoms with Crippen LogP contribution in [-0.4, -0.2) is 86.3 Å². The van der Waals surface area contributed by atoms with Crippen LogP contribution in [0.25, 0.3) is 0 Å². The Morgan fingerprint density at radius 1 is 1.09 bits per heavy atom. The molecule has 3 fully saturated rings. The first-order valence-electron chi connectivity index (χ1n) is 14.7. The number of fused-ring (bicyclic) bond motifs is 1. The van der Waals surface area contributed by atoms with Gasteiger partial charge >= 0.3 is 0 Å². The molecule has 0 saturated carbocycles. The summed E-state index contributed by atoms with van der Waals surface area (Å²) in [6.45, 7) is 12.0. The molecule has 2 bridgehead atoms. The van der Waals surface area contributed by atoms with Crippen molar-refractivity contribution in [1.29, 1.82) is 0 Å². The van der Waals surface area contributed by atoms with Gasteiger partial charge in [0.2, 0.25) is 11.8 Å². The van der Waals surface area contributed by atoms with Crippen LogP contribution in [-0.2, 0) is 20.8 Å². The van der Waals surface area contributed by atoms with Crippen molar-refractivity contribution in [1.82, 2.24) is 9.80 Å². The summed E-state index contributed by atoms with van der Waals surface area (Å²) in [6.07, 6.45) is 4.34. The van der Waals surface area contributed by atoms with Gasteiger partial charge in [0.05, 0.1) is 29.2 Å². The molecule has 5 rings (SSSR count). The normalized spacial score (nSPS) is 28.0. The first kappa shape index (κ1) is 31.5. The van der Waals surface area contributed by atoms with E-state index in [1.165, 1.54) is 0 Å². The topological polar surface area (TPSA) is 81.2 Å². The number of benzene rings is 2. The van der Waals surface area contributed by atoms with Gasteiger partial charge in [-0.05, 0) is 43.4 Å². The van der Waals surface area contributed by atoms with Gasteiger partial charge in [-0.25, -0.2) is 0 Å². The summed E-state index contributed by atoms with van der Waals surface area (Å²) >= 11 is 5.46. The third kappa shape index (κ3) is 5.27. The molecule has 228 valence electrons. The molecule has 3 heterocycles. The molecular formula is C34H40BrN3O4S. The third-order valence-corrected chi connectivity index (χ3v) is 12.5. The lowest BCUT2D eigenvalue weighted by Gasteiger charge is -2.40. The highest BCUT2D eigenvalue weighted by Crippen LogP contribution is 2.68. The van der Waals surface area contributed by atoms with Crippen molar-refractivity contribution in [2.24, 2.45) is 11.8 Å². The number of alkyl halides is 1.